The number of hydrogen-bond donors (Lipinski definition) is 2. The highest BCUT2D eigenvalue weighted by atomic mass is 16.4. The van der Waals surface area contributed by atoms with Crippen LogP contribution in [0.1, 0.15) is 17.0 Å². The van der Waals surface area contributed by atoms with E-state index < -0.39 is 12.0 Å². The van der Waals surface area contributed by atoms with Crippen LogP contribution < -0.4 is 5.73 Å². The van der Waals surface area contributed by atoms with E-state index in [-0.39, 0.29) is 6.42 Å². The van der Waals surface area contributed by atoms with Gasteiger partial charge in [-0.1, -0.05) is 30.3 Å². The summed E-state index contributed by atoms with van der Waals surface area (Å²) in [5, 5.41) is 8.71. The lowest BCUT2D eigenvalue weighted by Crippen LogP contribution is -2.32. The van der Waals surface area contributed by atoms with Crippen molar-refractivity contribution in [3.05, 3.63) is 59.7 Å². The molecule has 2 aromatic rings. The Hall–Kier alpha value is -2.27. The highest BCUT2D eigenvalue weighted by molar-refractivity contribution is 5.73. The number of benzene rings is 1. The summed E-state index contributed by atoms with van der Waals surface area (Å²) in [6, 6.07) is 9.05. The van der Waals surface area contributed by atoms with Crippen molar-refractivity contribution in [1.29, 1.82) is 0 Å². The fraction of sp³-hybridized carbons (Fsp3) is 0.214. The van der Waals surface area contributed by atoms with Crippen molar-refractivity contribution in [2.24, 2.45) is 5.73 Å². The van der Waals surface area contributed by atoms with Crippen LogP contribution >= 0.6 is 0 Å². The number of carbonyl (C=O) groups is 1. The zero-order chi connectivity index (χ0) is 13.7. The quantitative estimate of drug-likeness (QED) is 0.834. The fourth-order valence-corrected chi connectivity index (χ4v) is 1.69. The van der Waals surface area contributed by atoms with Crippen molar-refractivity contribution in [2.75, 3.05) is 0 Å². The van der Waals surface area contributed by atoms with E-state index in [1.165, 1.54) is 5.56 Å². The molecular weight excluding hydrogens is 242 g/mol. The SMILES string of the molecule is NC(Cc1ncc(Cc2ccccc2)cn1)C(=O)O. The predicted molar refractivity (Wildman–Crippen MR) is 70.6 cm³/mol. The van der Waals surface area contributed by atoms with Crippen molar-refractivity contribution in [3.63, 3.8) is 0 Å². The Balaban J connectivity index is 2.01. The molecule has 0 amide bonds. The molecule has 0 aliphatic heterocycles. The standard InChI is InChI=1S/C14H15N3O2/c15-12(14(18)19)7-13-16-8-11(9-17-13)6-10-4-2-1-3-5-10/h1-5,8-9,12H,6-7,15H2,(H,18,19). The summed E-state index contributed by atoms with van der Waals surface area (Å²) in [6.45, 7) is 0. The van der Waals surface area contributed by atoms with Gasteiger partial charge in [-0.15, -0.1) is 0 Å². The normalized spacial score (nSPS) is 12.1. The summed E-state index contributed by atoms with van der Waals surface area (Å²) in [5.41, 5.74) is 7.60. The van der Waals surface area contributed by atoms with Crippen molar-refractivity contribution in [3.8, 4) is 0 Å². The van der Waals surface area contributed by atoms with Gasteiger partial charge >= 0.3 is 5.97 Å². The number of nitrogens with two attached hydrogens (primary N) is 1. The Morgan fingerprint density at radius 3 is 2.37 bits per heavy atom. The summed E-state index contributed by atoms with van der Waals surface area (Å²) >= 11 is 0. The Labute approximate surface area is 111 Å². The van der Waals surface area contributed by atoms with Crippen molar-refractivity contribution < 1.29 is 9.90 Å². The van der Waals surface area contributed by atoms with Crippen LogP contribution in [-0.4, -0.2) is 27.1 Å². The molecule has 2 rings (SSSR count). The van der Waals surface area contributed by atoms with E-state index in [1.807, 2.05) is 30.3 Å². The second-order valence-corrected chi connectivity index (χ2v) is 4.32. The van der Waals surface area contributed by atoms with Crippen LogP contribution in [0.5, 0.6) is 0 Å². The maximum absolute atomic E-state index is 10.6. The Kier molecular flexibility index (Phi) is 4.20. The maximum atomic E-state index is 10.6. The lowest BCUT2D eigenvalue weighted by molar-refractivity contribution is -0.138. The van der Waals surface area contributed by atoms with Gasteiger partial charge in [-0.05, 0) is 11.1 Å². The van der Waals surface area contributed by atoms with E-state index in [2.05, 4.69) is 9.97 Å². The fourth-order valence-electron chi connectivity index (χ4n) is 1.69. The molecule has 0 spiro atoms. The lowest BCUT2D eigenvalue weighted by atomic mass is 10.1. The molecule has 0 saturated heterocycles. The van der Waals surface area contributed by atoms with E-state index >= 15 is 0 Å². The minimum Gasteiger partial charge on any atom is -0.480 e. The van der Waals surface area contributed by atoms with Crippen molar-refractivity contribution in [1.82, 2.24) is 9.97 Å². The number of nitrogens with zero attached hydrogens (tertiary/aromatic N) is 2. The Morgan fingerprint density at radius 1 is 1.16 bits per heavy atom. The van der Waals surface area contributed by atoms with Crippen LogP contribution in [-0.2, 0) is 17.6 Å². The minimum atomic E-state index is -1.04. The number of carboxylic acids is 1. The number of hydrogen-bond acceptors (Lipinski definition) is 4. The molecule has 0 bridgehead atoms. The van der Waals surface area contributed by atoms with Crippen LogP contribution in [0.3, 0.4) is 0 Å². The average molecular weight is 257 g/mol. The van der Waals surface area contributed by atoms with Crippen molar-refractivity contribution in [2.45, 2.75) is 18.9 Å². The molecule has 0 saturated carbocycles. The van der Waals surface area contributed by atoms with Crippen LogP contribution in [0, 0.1) is 0 Å². The van der Waals surface area contributed by atoms with E-state index in [4.69, 9.17) is 10.8 Å². The summed E-state index contributed by atoms with van der Waals surface area (Å²) < 4.78 is 0. The zero-order valence-electron chi connectivity index (χ0n) is 10.4. The van der Waals surface area contributed by atoms with E-state index in [1.54, 1.807) is 12.4 Å². The third-order valence-corrected chi connectivity index (χ3v) is 2.73. The van der Waals surface area contributed by atoms with Crippen LogP contribution in [0.25, 0.3) is 0 Å². The molecule has 0 fully saturated rings. The average Bonchev–Trinajstić information content (AvgIpc) is 2.42. The molecule has 0 aliphatic carbocycles. The lowest BCUT2D eigenvalue weighted by Gasteiger charge is -2.06. The third-order valence-electron chi connectivity index (χ3n) is 2.73. The topological polar surface area (TPSA) is 89.1 Å². The van der Waals surface area contributed by atoms with Gasteiger partial charge in [-0.3, -0.25) is 4.79 Å². The highest BCUT2D eigenvalue weighted by Crippen LogP contribution is 2.07. The molecule has 1 unspecified atom stereocenters. The number of aliphatic carboxylic acids is 1. The molecule has 0 radical (unpaired) electrons. The molecule has 5 heteroatoms. The van der Waals surface area contributed by atoms with Crippen LogP contribution in [0.15, 0.2) is 42.7 Å². The summed E-state index contributed by atoms with van der Waals surface area (Å²) in [6.07, 6.45) is 4.32. The van der Waals surface area contributed by atoms with Gasteiger partial charge < -0.3 is 10.8 Å². The summed E-state index contributed by atoms with van der Waals surface area (Å²) in [4.78, 5) is 18.9. The van der Waals surface area contributed by atoms with Gasteiger partial charge in [0.2, 0.25) is 0 Å². The Morgan fingerprint density at radius 2 is 1.79 bits per heavy atom. The van der Waals surface area contributed by atoms with Gasteiger partial charge in [0.05, 0.1) is 0 Å². The monoisotopic (exact) mass is 257 g/mol. The van der Waals surface area contributed by atoms with Gasteiger partial charge in [0.25, 0.3) is 0 Å². The molecule has 3 N–H and O–H groups in total. The molecule has 19 heavy (non-hydrogen) atoms. The minimum absolute atomic E-state index is 0.140. The van der Waals surface area contributed by atoms with Crippen LogP contribution in [0.4, 0.5) is 0 Å². The molecule has 98 valence electrons. The first-order valence-electron chi connectivity index (χ1n) is 5.97. The smallest absolute Gasteiger partial charge is 0.320 e. The highest BCUT2D eigenvalue weighted by Gasteiger charge is 2.13. The molecule has 1 aromatic carbocycles. The van der Waals surface area contributed by atoms with Gasteiger partial charge in [-0.2, -0.15) is 0 Å². The number of rotatable bonds is 5. The molecule has 1 atom stereocenters. The van der Waals surface area contributed by atoms with E-state index in [0.717, 1.165) is 12.0 Å². The number of carboxylic acid groups (broad SMARTS) is 1. The zero-order valence-corrected chi connectivity index (χ0v) is 10.4. The first-order valence-corrected chi connectivity index (χ1v) is 5.97. The molecular formula is C14H15N3O2. The van der Waals surface area contributed by atoms with Crippen molar-refractivity contribution >= 4 is 5.97 Å². The summed E-state index contributed by atoms with van der Waals surface area (Å²) in [5.74, 6) is -0.594. The Bertz CT molecular complexity index is 540. The van der Waals surface area contributed by atoms with Gasteiger partial charge in [-0.25, -0.2) is 9.97 Å². The first kappa shape index (κ1) is 13.2. The van der Waals surface area contributed by atoms with Gasteiger partial charge in [0.1, 0.15) is 11.9 Å². The third kappa shape index (κ3) is 3.86. The molecule has 5 nitrogen and oxygen atoms in total. The van der Waals surface area contributed by atoms with E-state index in [9.17, 15) is 4.79 Å². The number of aromatic nitrogens is 2. The maximum Gasteiger partial charge on any atom is 0.320 e. The van der Waals surface area contributed by atoms with E-state index in [0.29, 0.717) is 5.82 Å². The molecule has 0 aliphatic rings. The largest absolute Gasteiger partial charge is 0.480 e. The predicted octanol–water partition coefficient (Wildman–Crippen LogP) is 1.02. The van der Waals surface area contributed by atoms with Gasteiger partial charge in [0.15, 0.2) is 0 Å². The first-order chi connectivity index (χ1) is 9.15. The second-order valence-electron chi connectivity index (χ2n) is 4.32. The molecule has 1 heterocycles. The molecule has 1 aromatic heterocycles. The second kappa shape index (κ2) is 6.06. The summed E-state index contributed by atoms with van der Waals surface area (Å²) in [7, 11) is 0. The van der Waals surface area contributed by atoms with Gasteiger partial charge in [0, 0.05) is 25.2 Å². The van der Waals surface area contributed by atoms with Crippen LogP contribution in [0.2, 0.25) is 0 Å².